The highest BCUT2D eigenvalue weighted by molar-refractivity contribution is 7.14. The molecular weight excluding hydrogens is 523 g/mol. The first-order valence-corrected chi connectivity index (χ1v) is 12.1. The number of pyridine rings is 1. The number of anilines is 3. The number of carbonyl (C=O) groups excluding carboxylic acids is 2. The molecule has 0 spiro atoms. The molecule has 10 nitrogen and oxygen atoms in total. The van der Waals surface area contributed by atoms with Crippen LogP contribution in [0.5, 0.6) is 0 Å². The van der Waals surface area contributed by atoms with Crippen LogP contribution in [0.15, 0.2) is 59.4 Å². The summed E-state index contributed by atoms with van der Waals surface area (Å²) in [5.41, 5.74) is 0.413. The van der Waals surface area contributed by atoms with Gasteiger partial charge in [0, 0.05) is 35.5 Å². The van der Waals surface area contributed by atoms with Crippen molar-refractivity contribution in [3.8, 4) is 0 Å². The van der Waals surface area contributed by atoms with E-state index < -0.39 is 23.7 Å². The minimum Gasteiger partial charge on any atom is -0.321 e. The number of nitrogens with one attached hydrogen (secondary N) is 3. The topological polar surface area (TPSA) is 116 Å². The van der Waals surface area contributed by atoms with Gasteiger partial charge in [-0.2, -0.15) is 13.2 Å². The smallest absolute Gasteiger partial charge is 0.321 e. The summed E-state index contributed by atoms with van der Waals surface area (Å²) in [5.74, 6) is -0.559. The van der Waals surface area contributed by atoms with Gasteiger partial charge in [0.2, 0.25) is 11.8 Å². The maximum Gasteiger partial charge on any atom is 0.416 e. The predicted octanol–water partition coefficient (Wildman–Crippen LogP) is 4.33. The van der Waals surface area contributed by atoms with Gasteiger partial charge in [0.05, 0.1) is 10.4 Å². The molecule has 0 fully saturated rings. The van der Waals surface area contributed by atoms with Crippen molar-refractivity contribution in [2.75, 3.05) is 23.0 Å². The highest BCUT2D eigenvalue weighted by Crippen LogP contribution is 2.34. The summed E-state index contributed by atoms with van der Waals surface area (Å²) in [7, 11) is 1.96. The molecule has 196 valence electrons. The molecule has 1 aliphatic rings. The quantitative estimate of drug-likeness (QED) is 0.311. The van der Waals surface area contributed by atoms with Crippen LogP contribution in [0.1, 0.15) is 31.4 Å². The van der Waals surface area contributed by atoms with Crippen LogP contribution in [0.4, 0.5) is 35.2 Å². The number of aromatic nitrogens is 3. The fourth-order valence-electron chi connectivity index (χ4n) is 3.91. The van der Waals surface area contributed by atoms with E-state index in [0.29, 0.717) is 23.7 Å². The van der Waals surface area contributed by atoms with Gasteiger partial charge in [0.25, 0.3) is 12.1 Å². The number of nitrogens with zero attached hydrogens (tertiary/aromatic N) is 4. The van der Waals surface area contributed by atoms with Crippen molar-refractivity contribution in [1.82, 2.24) is 15.2 Å². The van der Waals surface area contributed by atoms with Gasteiger partial charge >= 0.3 is 18.1 Å². The molecule has 5 rings (SSSR count). The first kappa shape index (κ1) is 25.4. The lowest BCUT2D eigenvalue weighted by molar-refractivity contribution is -0.755. The van der Waals surface area contributed by atoms with Crippen molar-refractivity contribution in [1.29, 1.82) is 0 Å². The Labute approximate surface area is 218 Å². The zero-order valence-corrected chi connectivity index (χ0v) is 20.7. The maximum atomic E-state index is 13.5. The molecule has 0 saturated heterocycles. The van der Waals surface area contributed by atoms with Gasteiger partial charge in [-0.1, -0.05) is 6.07 Å². The van der Waals surface area contributed by atoms with E-state index in [1.54, 1.807) is 24.4 Å². The van der Waals surface area contributed by atoms with Crippen LogP contribution in [0.2, 0.25) is 0 Å². The molecule has 4 aromatic rings. The highest BCUT2D eigenvalue weighted by Gasteiger charge is 2.32. The number of hydrogen-bond acceptors (Lipinski definition) is 7. The minimum absolute atomic E-state index is 0.0321. The van der Waals surface area contributed by atoms with Crippen molar-refractivity contribution >= 4 is 40.5 Å². The molecule has 0 atom stereocenters. The van der Waals surface area contributed by atoms with E-state index in [1.165, 1.54) is 28.3 Å². The summed E-state index contributed by atoms with van der Waals surface area (Å²) in [5, 5.41) is 11.0. The normalized spacial score (nSPS) is 13.3. The second-order valence-electron chi connectivity index (χ2n) is 8.65. The monoisotopic (exact) mass is 544 g/mol. The van der Waals surface area contributed by atoms with Gasteiger partial charge < -0.3 is 10.6 Å². The van der Waals surface area contributed by atoms with Gasteiger partial charge in [0.1, 0.15) is 5.69 Å². The van der Waals surface area contributed by atoms with E-state index in [4.69, 9.17) is 4.52 Å². The van der Waals surface area contributed by atoms with Crippen molar-refractivity contribution in [3.05, 3.63) is 81.4 Å². The summed E-state index contributed by atoms with van der Waals surface area (Å²) in [4.78, 5) is 32.9. The molecule has 14 heteroatoms. The Hall–Kier alpha value is -4.30. The van der Waals surface area contributed by atoms with Gasteiger partial charge in [-0.3, -0.25) is 24.5 Å². The van der Waals surface area contributed by atoms with Gasteiger partial charge in [-0.15, -0.1) is 11.3 Å². The molecule has 0 bridgehead atoms. The molecule has 1 aromatic carbocycles. The Kier molecular flexibility index (Phi) is 6.82. The lowest BCUT2D eigenvalue weighted by atomic mass is 10.1. The van der Waals surface area contributed by atoms with E-state index >= 15 is 0 Å². The van der Waals surface area contributed by atoms with Crippen LogP contribution in [0.3, 0.4) is 0 Å². The van der Waals surface area contributed by atoms with Crippen molar-refractivity contribution in [3.63, 3.8) is 0 Å². The molecule has 38 heavy (non-hydrogen) atoms. The molecule has 1 aliphatic heterocycles. The van der Waals surface area contributed by atoms with Gasteiger partial charge in [-0.25, -0.2) is 4.79 Å². The van der Waals surface area contributed by atoms with Crippen LogP contribution in [-0.2, 0) is 25.8 Å². The number of alkyl halides is 3. The largest absolute Gasteiger partial charge is 0.416 e. The fraction of sp³-hybridized carbons (Fsp3) is 0.208. The zero-order valence-electron chi connectivity index (χ0n) is 19.9. The fourth-order valence-corrected chi connectivity index (χ4v) is 5.06. The average molecular weight is 545 g/mol. The number of hydrogen-bond donors (Lipinski definition) is 3. The van der Waals surface area contributed by atoms with E-state index in [9.17, 15) is 22.8 Å². The van der Waals surface area contributed by atoms with Crippen LogP contribution in [-0.4, -0.2) is 34.1 Å². The summed E-state index contributed by atoms with van der Waals surface area (Å²) in [6.45, 7) is 1.71. The summed E-state index contributed by atoms with van der Waals surface area (Å²) >= 11 is 1.30. The number of carbonyl (C=O) groups is 2. The lowest BCUT2D eigenvalue weighted by Gasteiger charge is -2.13. The molecule has 3 aromatic heterocycles. The molecular formula is C24H21F3N7O3S+. The zero-order chi connectivity index (χ0) is 26.9. The van der Waals surface area contributed by atoms with Crippen molar-refractivity contribution in [2.24, 2.45) is 0 Å². The SMILES string of the molecule is CN1Cc2cc(C(=O)Nc3cc(NC(=O)Nc4c[n+](Cc5ccccn5)no4)cc(C(F)(F)F)c3)sc2C1. The number of thiophene rings is 1. The molecule has 4 heterocycles. The second kappa shape index (κ2) is 10.2. The summed E-state index contributed by atoms with van der Waals surface area (Å²) in [6, 6.07) is 9.08. The third kappa shape index (κ3) is 5.98. The van der Waals surface area contributed by atoms with Crippen LogP contribution < -0.4 is 20.6 Å². The predicted molar refractivity (Wildman–Crippen MR) is 132 cm³/mol. The van der Waals surface area contributed by atoms with E-state index in [-0.39, 0.29) is 23.8 Å². The minimum atomic E-state index is -4.70. The first-order chi connectivity index (χ1) is 18.1. The highest BCUT2D eigenvalue weighted by atomic mass is 32.1. The standard InChI is InChI=1S/C24H20F3N7O3S/c1-33-10-14-6-19(38-20(14)12-33)22(35)29-17-7-15(24(25,26)27)8-18(9-17)30-23(36)31-21-13-34(32-37-21)11-16-4-2-3-5-28-16/h2-9,13H,10-12H2,1H3,(H2-,29,30,31,32,35,36)/p+1. The molecule has 0 aliphatic carbocycles. The second-order valence-corrected chi connectivity index (χ2v) is 9.78. The number of rotatable bonds is 6. The number of amides is 3. The number of urea groups is 1. The molecule has 0 unspecified atom stereocenters. The third-order valence-electron chi connectivity index (χ3n) is 5.55. The van der Waals surface area contributed by atoms with Crippen LogP contribution >= 0.6 is 11.3 Å². The van der Waals surface area contributed by atoms with Crippen molar-refractivity contribution < 1.29 is 32.0 Å². The number of fused-ring (bicyclic) bond motifs is 1. The van der Waals surface area contributed by atoms with Gasteiger partial charge in [-0.05, 0) is 53.7 Å². The number of halogens is 3. The Morgan fingerprint density at radius 2 is 1.89 bits per heavy atom. The first-order valence-electron chi connectivity index (χ1n) is 11.3. The van der Waals surface area contributed by atoms with E-state index in [1.807, 2.05) is 13.1 Å². The Morgan fingerprint density at radius 3 is 2.61 bits per heavy atom. The Bertz CT molecular complexity index is 1460. The van der Waals surface area contributed by atoms with Crippen LogP contribution in [0, 0.1) is 0 Å². The average Bonchev–Trinajstić information content (AvgIpc) is 3.54. The van der Waals surface area contributed by atoms with E-state index in [2.05, 4.69) is 31.1 Å². The number of benzene rings is 1. The maximum absolute atomic E-state index is 13.5. The summed E-state index contributed by atoms with van der Waals surface area (Å²) < 4.78 is 47.1. The van der Waals surface area contributed by atoms with E-state index in [0.717, 1.165) is 22.6 Å². The van der Waals surface area contributed by atoms with Gasteiger partial charge in [0.15, 0.2) is 0 Å². The third-order valence-corrected chi connectivity index (χ3v) is 6.71. The molecule has 3 amide bonds. The molecule has 0 saturated carbocycles. The lowest BCUT2D eigenvalue weighted by Crippen LogP contribution is -2.35. The molecule has 3 N–H and O–H groups in total. The Balaban J connectivity index is 1.27. The summed E-state index contributed by atoms with van der Waals surface area (Å²) in [6.07, 6.45) is -1.67. The van der Waals surface area contributed by atoms with Crippen molar-refractivity contribution in [2.45, 2.75) is 25.8 Å². The molecule has 0 radical (unpaired) electrons. The van der Waals surface area contributed by atoms with Crippen LogP contribution in [0.25, 0.3) is 0 Å². The Morgan fingerprint density at radius 1 is 1.11 bits per heavy atom.